The number of fused-ring (bicyclic) bond motifs is 6. The van der Waals surface area contributed by atoms with E-state index in [2.05, 4.69) is 161 Å². The molecule has 0 aliphatic heterocycles. The van der Waals surface area contributed by atoms with Crippen molar-refractivity contribution in [1.29, 1.82) is 0 Å². The molecular weight excluding hydrogens is 623 g/mol. The SMILES string of the molecule is c1ccc(-c2nc3cc(-c4ccc(N(c5ccccc5)c5ccc6c(c5)c5c7ccccc7ccc5n6-c5ccccc5)cc4)ccc3o2)cc1. The van der Waals surface area contributed by atoms with Gasteiger partial charge in [0.2, 0.25) is 5.89 Å². The van der Waals surface area contributed by atoms with Crippen LogP contribution in [0.2, 0.25) is 0 Å². The minimum atomic E-state index is 0.633. The van der Waals surface area contributed by atoms with Crippen molar-refractivity contribution < 1.29 is 4.42 Å². The van der Waals surface area contributed by atoms with Gasteiger partial charge in [0.15, 0.2) is 5.58 Å². The molecule has 0 radical (unpaired) electrons. The quantitative estimate of drug-likeness (QED) is 0.179. The van der Waals surface area contributed by atoms with E-state index in [-0.39, 0.29) is 0 Å². The predicted molar refractivity (Wildman–Crippen MR) is 211 cm³/mol. The molecule has 0 aliphatic carbocycles. The molecule has 2 aromatic heterocycles. The van der Waals surface area contributed by atoms with Crippen LogP contribution < -0.4 is 4.90 Å². The van der Waals surface area contributed by atoms with Gasteiger partial charge in [-0.05, 0) is 107 Å². The van der Waals surface area contributed by atoms with Gasteiger partial charge in [0.1, 0.15) is 5.52 Å². The average molecular weight is 654 g/mol. The molecular formula is C47H31N3O. The van der Waals surface area contributed by atoms with Crippen LogP contribution >= 0.6 is 0 Å². The van der Waals surface area contributed by atoms with E-state index in [0.29, 0.717) is 5.89 Å². The Morgan fingerprint density at radius 2 is 1.10 bits per heavy atom. The number of para-hydroxylation sites is 2. The third-order valence-corrected chi connectivity index (χ3v) is 9.79. The Labute approximate surface area is 295 Å². The third kappa shape index (κ3) is 4.96. The maximum absolute atomic E-state index is 6.08. The van der Waals surface area contributed by atoms with Gasteiger partial charge in [-0.25, -0.2) is 4.98 Å². The number of oxazole rings is 1. The fourth-order valence-corrected chi connectivity index (χ4v) is 7.41. The summed E-state index contributed by atoms with van der Waals surface area (Å²) in [5.41, 5.74) is 11.6. The number of aromatic nitrogens is 2. The Balaban J connectivity index is 1.10. The zero-order chi connectivity index (χ0) is 33.7. The molecule has 0 bridgehead atoms. The smallest absolute Gasteiger partial charge is 0.227 e. The van der Waals surface area contributed by atoms with Crippen LogP contribution in [0.3, 0.4) is 0 Å². The highest BCUT2D eigenvalue weighted by Crippen LogP contribution is 2.42. The Hall–Kier alpha value is -6.91. The third-order valence-electron chi connectivity index (χ3n) is 9.79. The molecule has 4 heteroatoms. The number of benzene rings is 8. The monoisotopic (exact) mass is 653 g/mol. The Bertz CT molecular complexity index is 2840. The Morgan fingerprint density at radius 1 is 0.451 bits per heavy atom. The van der Waals surface area contributed by atoms with Gasteiger partial charge in [-0.3, -0.25) is 0 Å². The van der Waals surface area contributed by atoms with Crippen molar-refractivity contribution in [2.24, 2.45) is 0 Å². The van der Waals surface area contributed by atoms with Gasteiger partial charge in [0, 0.05) is 39.1 Å². The van der Waals surface area contributed by atoms with Crippen LogP contribution in [0.1, 0.15) is 0 Å². The summed E-state index contributed by atoms with van der Waals surface area (Å²) in [6, 6.07) is 66.4. The van der Waals surface area contributed by atoms with E-state index in [1.165, 1.54) is 32.6 Å². The summed E-state index contributed by atoms with van der Waals surface area (Å²) in [5.74, 6) is 0.633. The summed E-state index contributed by atoms with van der Waals surface area (Å²) < 4.78 is 8.47. The van der Waals surface area contributed by atoms with E-state index >= 15 is 0 Å². The maximum atomic E-state index is 6.08. The molecule has 4 nitrogen and oxygen atoms in total. The predicted octanol–water partition coefficient (Wildman–Crippen LogP) is 12.9. The first-order valence-electron chi connectivity index (χ1n) is 17.2. The fourth-order valence-electron chi connectivity index (χ4n) is 7.41. The van der Waals surface area contributed by atoms with Gasteiger partial charge < -0.3 is 13.9 Å². The summed E-state index contributed by atoms with van der Waals surface area (Å²) in [7, 11) is 0. The second kappa shape index (κ2) is 11.9. The summed E-state index contributed by atoms with van der Waals surface area (Å²) in [5, 5.41) is 4.97. The van der Waals surface area contributed by atoms with E-state index < -0.39 is 0 Å². The summed E-state index contributed by atoms with van der Waals surface area (Å²) >= 11 is 0. The molecule has 0 spiro atoms. The zero-order valence-corrected chi connectivity index (χ0v) is 27.6. The molecule has 0 fully saturated rings. The zero-order valence-electron chi connectivity index (χ0n) is 27.6. The van der Waals surface area contributed by atoms with E-state index in [4.69, 9.17) is 9.40 Å². The van der Waals surface area contributed by atoms with Crippen LogP contribution in [-0.2, 0) is 0 Å². The van der Waals surface area contributed by atoms with E-state index in [0.717, 1.165) is 50.5 Å². The minimum absolute atomic E-state index is 0.633. The number of hydrogen-bond acceptors (Lipinski definition) is 3. The Morgan fingerprint density at radius 3 is 1.90 bits per heavy atom. The van der Waals surface area contributed by atoms with Crippen LogP contribution in [0.15, 0.2) is 192 Å². The molecule has 0 saturated heterocycles. The average Bonchev–Trinajstić information content (AvgIpc) is 3.79. The highest BCUT2D eigenvalue weighted by atomic mass is 16.3. The molecule has 8 aromatic carbocycles. The lowest BCUT2D eigenvalue weighted by molar-refractivity contribution is 0.620. The molecule has 2 heterocycles. The van der Waals surface area contributed by atoms with Gasteiger partial charge in [-0.1, -0.05) is 103 Å². The molecule has 0 unspecified atom stereocenters. The van der Waals surface area contributed by atoms with Crippen molar-refractivity contribution in [1.82, 2.24) is 9.55 Å². The van der Waals surface area contributed by atoms with Crippen LogP contribution in [0.25, 0.3) is 71.9 Å². The van der Waals surface area contributed by atoms with Gasteiger partial charge in [-0.15, -0.1) is 0 Å². The number of rotatable bonds is 6. The maximum Gasteiger partial charge on any atom is 0.227 e. The van der Waals surface area contributed by atoms with Crippen molar-refractivity contribution in [3.05, 3.63) is 188 Å². The molecule has 0 atom stereocenters. The van der Waals surface area contributed by atoms with Crippen molar-refractivity contribution in [2.45, 2.75) is 0 Å². The van der Waals surface area contributed by atoms with Crippen LogP contribution in [-0.4, -0.2) is 9.55 Å². The summed E-state index contributed by atoms with van der Waals surface area (Å²) in [6.07, 6.45) is 0. The molecule has 10 aromatic rings. The summed E-state index contributed by atoms with van der Waals surface area (Å²) in [6.45, 7) is 0. The lowest BCUT2D eigenvalue weighted by Crippen LogP contribution is -2.09. The largest absolute Gasteiger partial charge is 0.436 e. The van der Waals surface area contributed by atoms with Gasteiger partial charge in [-0.2, -0.15) is 0 Å². The number of hydrogen-bond donors (Lipinski definition) is 0. The van der Waals surface area contributed by atoms with Crippen molar-refractivity contribution in [2.75, 3.05) is 4.90 Å². The standard InChI is InChI=1S/C47H31N3O/c1-4-13-34(14-5-1)47-48-42-30-35(23-29-45(42)51-47)32-20-24-38(25-21-32)49(36-15-6-2-7-16-36)39-26-28-43-41(31-39)46-40-19-11-10-12-33(40)22-27-44(46)50(43)37-17-8-3-9-18-37/h1-31H. The topological polar surface area (TPSA) is 34.2 Å². The highest BCUT2D eigenvalue weighted by molar-refractivity contribution is 6.22. The lowest BCUT2D eigenvalue weighted by atomic mass is 10.0. The second-order valence-electron chi connectivity index (χ2n) is 12.8. The minimum Gasteiger partial charge on any atom is -0.436 e. The first-order chi connectivity index (χ1) is 25.3. The van der Waals surface area contributed by atoms with E-state index in [1.807, 2.05) is 36.4 Å². The van der Waals surface area contributed by atoms with Crippen LogP contribution in [0.5, 0.6) is 0 Å². The Kier molecular flexibility index (Phi) is 6.78. The molecule has 0 saturated carbocycles. The highest BCUT2D eigenvalue weighted by Gasteiger charge is 2.19. The number of nitrogens with zero attached hydrogens (tertiary/aromatic N) is 3. The van der Waals surface area contributed by atoms with Gasteiger partial charge in [0.05, 0.1) is 11.0 Å². The molecule has 0 aliphatic rings. The second-order valence-corrected chi connectivity index (χ2v) is 12.8. The molecule has 0 amide bonds. The van der Waals surface area contributed by atoms with Gasteiger partial charge in [0.25, 0.3) is 0 Å². The molecule has 51 heavy (non-hydrogen) atoms. The fraction of sp³-hybridized carbons (Fsp3) is 0. The van der Waals surface area contributed by atoms with Crippen LogP contribution in [0.4, 0.5) is 17.1 Å². The molecule has 10 rings (SSSR count). The van der Waals surface area contributed by atoms with Crippen LogP contribution in [0, 0.1) is 0 Å². The first-order valence-corrected chi connectivity index (χ1v) is 17.2. The molecule has 0 N–H and O–H groups in total. The van der Waals surface area contributed by atoms with Crippen molar-refractivity contribution in [3.63, 3.8) is 0 Å². The summed E-state index contributed by atoms with van der Waals surface area (Å²) in [4.78, 5) is 7.14. The van der Waals surface area contributed by atoms with Crippen molar-refractivity contribution >= 4 is 60.7 Å². The van der Waals surface area contributed by atoms with E-state index in [9.17, 15) is 0 Å². The lowest BCUT2D eigenvalue weighted by Gasteiger charge is -2.26. The normalized spacial score (nSPS) is 11.5. The van der Waals surface area contributed by atoms with E-state index in [1.54, 1.807) is 0 Å². The number of anilines is 3. The van der Waals surface area contributed by atoms with Gasteiger partial charge >= 0.3 is 0 Å². The van der Waals surface area contributed by atoms with Crippen molar-refractivity contribution in [3.8, 4) is 28.3 Å². The first kappa shape index (κ1) is 29.0. The molecule has 240 valence electrons.